The summed E-state index contributed by atoms with van der Waals surface area (Å²) in [6, 6.07) is 5.90. The van der Waals surface area contributed by atoms with Gasteiger partial charge in [-0.25, -0.2) is 9.97 Å². The van der Waals surface area contributed by atoms with E-state index in [0.717, 1.165) is 21.3 Å². The molecule has 28 heavy (non-hydrogen) atoms. The lowest BCUT2D eigenvalue weighted by molar-refractivity contribution is -0.144. The molecular formula is C18H16F4N2O3S. The van der Waals surface area contributed by atoms with E-state index in [1.54, 1.807) is 18.2 Å². The first-order chi connectivity index (χ1) is 13.3. The molecule has 0 saturated carbocycles. The zero-order valence-corrected chi connectivity index (χ0v) is 15.8. The Hall–Kier alpha value is -2.30. The number of fused-ring (bicyclic) bond motifs is 1. The van der Waals surface area contributed by atoms with Crippen molar-refractivity contribution >= 4 is 21.6 Å². The van der Waals surface area contributed by atoms with E-state index in [2.05, 4.69) is 9.97 Å². The molecule has 3 rings (SSSR count). The highest BCUT2D eigenvalue weighted by Gasteiger charge is 2.38. The van der Waals surface area contributed by atoms with E-state index in [9.17, 15) is 17.6 Å². The minimum atomic E-state index is -4.88. The summed E-state index contributed by atoms with van der Waals surface area (Å²) in [4.78, 5) is 7.42. The molecule has 3 aromatic rings. The Balaban J connectivity index is 1.97. The van der Waals surface area contributed by atoms with Crippen molar-refractivity contribution < 1.29 is 31.8 Å². The average Bonchev–Trinajstić information content (AvgIpc) is 3.00. The van der Waals surface area contributed by atoms with Gasteiger partial charge in [-0.1, -0.05) is 6.07 Å². The Bertz CT molecular complexity index is 975. The number of ether oxygens (including phenoxy) is 3. The molecule has 2 heterocycles. The Morgan fingerprint density at radius 1 is 1.11 bits per heavy atom. The van der Waals surface area contributed by atoms with Gasteiger partial charge in [-0.3, -0.25) is 0 Å². The van der Waals surface area contributed by atoms with Gasteiger partial charge in [-0.15, -0.1) is 11.3 Å². The Labute approximate surface area is 161 Å². The highest BCUT2D eigenvalue weighted by atomic mass is 32.1. The molecule has 1 aromatic carbocycles. The van der Waals surface area contributed by atoms with Crippen molar-refractivity contribution in [3.63, 3.8) is 0 Å². The lowest BCUT2D eigenvalue weighted by atomic mass is 10.1. The van der Waals surface area contributed by atoms with Gasteiger partial charge in [0.25, 0.3) is 0 Å². The smallest absolute Gasteiger partial charge is 0.437 e. The summed E-state index contributed by atoms with van der Waals surface area (Å²) in [6.45, 7) is 1.78. The summed E-state index contributed by atoms with van der Waals surface area (Å²) < 4.78 is 69.8. The van der Waals surface area contributed by atoms with Gasteiger partial charge in [-0.05, 0) is 30.7 Å². The predicted octanol–water partition coefficient (Wildman–Crippen LogP) is 4.82. The summed E-state index contributed by atoms with van der Waals surface area (Å²) in [7, 11) is 1.46. The number of methoxy groups -OCH3 is 1. The topological polar surface area (TPSA) is 53.5 Å². The van der Waals surface area contributed by atoms with Crippen LogP contribution in [-0.4, -0.2) is 37.1 Å². The molecule has 0 saturated heterocycles. The van der Waals surface area contributed by atoms with E-state index < -0.39 is 30.4 Å². The minimum absolute atomic E-state index is 0.104. The van der Waals surface area contributed by atoms with Gasteiger partial charge < -0.3 is 14.2 Å². The van der Waals surface area contributed by atoms with Crippen LogP contribution in [0.1, 0.15) is 10.7 Å². The zero-order valence-electron chi connectivity index (χ0n) is 15.0. The molecule has 5 nitrogen and oxygen atoms in total. The maximum Gasteiger partial charge on any atom is 0.437 e. The van der Waals surface area contributed by atoms with Gasteiger partial charge in [0.2, 0.25) is 5.95 Å². The lowest BCUT2D eigenvalue weighted by Crippen LogP contribution is -2.15. The molecule has 0 spiro atoms. The maximum atomic E-state index is 14.4. The third-order valence-electron chi connectivity index (χ3n) is 3.75. The van der Waals surface area contributed by atoms with Crippen LogP contribution in [0.5, 0.6) is 5.75 Å². The second kappa shape index (κ2) is 8.38. The number of nitrogens with zero attached hydrogens (tertiary/aromatic N) is 2. The Morgan fingerprint density at radius 2 is 1.89 bits per heavy atom. The number of aryl methyl sites for hydroxylation is 1. The average molecular weight is 416 g/mol. The second-order valence-electron chi connectivity index (χ2n) is 5.75. The standard InChI is InChI=1S/C18H16F4N2O3S/c1-10-23-13-4-3-11(7-15(13)28-10)12-8-14(27-9-26-6-5-25-2)16(18(20,21)22)24-17(12)19/h3-4,7-8H,5-6,9H2,1-2H3. The normalized spacial score (nSPS) is 11.9. The molecule has 0 aliphatic carbocycles. The molecule has 10 heteroatoms. The van der Waals surface area contributed by atoms with E-state index in [0.29, 0.717) is 5.56 Å². The van der Waals surface area contributed by atoms with Gasteiger partial charge >= 0.3 is 6.18 Å². The largest absolute Gasteiger partial charge is 0.465 e. The Morgan fingerprint density at radius 3 is 2.61 bits per heavy atom. The molecule has 0 bridgehead atoms. The fourth-order valence-corrected chi connectivity index (χ4v) is 3.37. The van der Waals surface area contributed by atoms with Crippen LogP contribution in [0.25, 0.3) is 21.3 Å². The van der Waals surface area contributed by atoms with E-state index in [1.165, 1.54) is 18.4 Å². The van der Waals surface area contributed by atoms with E-state index in [-0.39, 0.29) is 18.8 Å². The highest BCUT2D eigenvalue weighted by Crippen LogP contribution is 2.38. The molecule has 0 radical (unpaired) electrons. The molecule has 0 aliphatic rings. The number of rotatable bonds is 7. The van der Waals surface area contributed by atoms with Crippen LogP contribution in [0, 0.1) is 12.9 Å². The third kappa shape index (κ3) is 4.57. The van der Waals surface area contributed by atoms with Crippen molar-refractivity contribution in [3.8, 4) is 16.9 Å². The number of hydrogen-bond acceptors (Lipinski definition) is 6. The van der Waals surface area contributed by atoms with Crippen molar-refractivity contribution in [2.24, 2.45) is 0 Å². The summed E-state index contributed by atoms with van der Waals surface area (Å²) in [5.41, 5.74) is -0.443. The maximum absolute atomic E-state index is 14.4. The van der Waals surface area contributed by atoms with Crippen LogP contribution in [-0.2, 0) is 15.7 Å². The summed E-state index contributed by atoms with van der Waals surface area (Å²) >= 11 is 1.40. The number of alkyl halides is 3. The molecule has 0 atom stereocenters. The number of pyridine rings is 1. The van der Waals surface area contributed by atoms with Gasteiger partial charge in [0.15, 0.2) is 18.2 Å². The third-order valence-corrected chi connectivity index (χ3v) is 4.68. The van der Waals surface area contributed by atoms with Crippen LogP contribution in [0.4, 0.5) is 17.6 Å². The van der Waals surface area contributed by atoms with E-state index >= 15 is 0 Å². The van der Waals surface area contributed by atoms with Crippen molar-refractivity contribution in [2.75, 3.05) is 27.1 Å². The van der Waals surface area contributed by atoms with Crippen LogP contribution in [0.3, 0.4) is 0 Å². The molecule has 0 fully saturated rings. The van der Waals surface area contributed by atoms with Gasteiger partial charge in [0, 0.05) is 12.7 Å². The van der Waals surface area contributed by atoms with Crippen molar-refractivity contribution in [1.82, 2.24) is 9.97 Å². The van der Waals surface area contributed by atoms with Crippen molar-refractivity contribution in [3.05, 3.63) is 40.9 Å². The molecule has 0 amide bonds. The first-order valence-corrected chi connectivity index (χ1v) is 8.96. The highest BCUT2D eigenvalue weighted by molar-refractivity contribution is 7.18. The number of aromatic nitrogens is 2. The van der Waals surface area contributed by atoms with Crippen LogP contribution >= 0.6 is 11.3 Å². The fraction of sp³-hybridized carbons (Fsp3) is 0.333. The van der Waals surface area contributed by atoms with Crippen molar-refractivity contribution in [1.29, 1.82) is 0 Å². The van der Waals surface area contributed by atoms with E-state index in [1.807, 2.05) is 6.92 Å². The number of hydrogen-bond donors (Lipinski definition) is 0. The predicted molar refractivity (Wildman–Crippen MR) is 95.9 cm³/mol. The second-order valence-corrected chi connectivity index (χ2v) is 6.98. The molecule has 0 unspecified atom stereocenters. The van der Waals surface area contributed by atoms with Gasteiger partial charge in [-0.2, -0.15) is 17.6 Å². The van der Waals surface area contributed by atoms with Crippen LogP contribution in [0.2, 0.25) is 0 Å². The first kappa shape index (κ1) is 20.4. The molecular weight excluding hydrogens is 400 g/mol. The molecule has 150 valence electrons. The van der Waals surface area contributed by atoms with Gasteiger partial charge in [0.1, 0.15) is 0 Å². The molecule has 2 aromatic heterocycles. The number of benzene rings is 1. The molecule has 0 N–H and O–H groups in total. The minimum Gasteiger partial charge on any atom is -0.465 e. The summed E-state index contributed by atoms with van der Waals surface area (Å²) in [5.74, 6) is -1.84. The summed E-state index contributed by atoms with van der Waals surface area (Å²) in [5, 5.41) is 0.829. The van der Waals surface area contributed by atoms with E-state index in [4.69, 9.17) is 14.2 Å². The number of thiazole rings is 1. The van der Waals surface area contributed by atoms with Crippen molar-refractivity contribution in [2.45, 2.75) is 13.1 Å². The SMILES string of the molecule is COCCOCOc1cc(-c2ccc3nc(C)sc3c2)c(F)nc1C(F)(F)F. The van der Waals surface area contributed by atoms with Crippen LogP contribution < -0.4 is 4.74 Å². The first-order valence-electron chi connectivity index (χ1n) is 8.14. The number of halogens is 4. The Kier molecular flexibility index (Phi) is 6.11. The zero-order chi connectivity index (χ0) is 20.3. The summed E-state index contributed by atoms with van der Waals surface area (Å²) in [6.07, 6.45) is -4.88. The lowest BCUT2D eigenvalue weighted by Gasteiger charge is -2.15. The fourth-order valence-electron chi connectivity index (χ4n) is 2.50. The quantitative estimate of drug-likeness (QED) is 0.239. The van der Waals surface area contributed by atoms with Gasteiger partial charge in [0.05, 0.1) is 28.4 Å². The molecule has 0 aliphatic heterocycles. The van der Waals surface area contributed by atoms with Crippen LogP contribution in [0.15, 0.2) is 24.3 Å². The monoisotopic (exact) mass is 416 g/mol.